The summed E-state index contributed by atoms with van der Waals surface area (Å²) in [6.07, 6.45) is 3.19. The van der Waals surface area contributed by atoms with Gasteiger partial charge in [-0.15, -0.1) is 0 Å². The van der Waals surface area contributed by atoms with Crippen LogP contribution in [0.25, 0.3) is 0 Å². The van der Waals surface area contributed by atoms with Crippen molar-refractivity contribution in [3.63, 3.8) is 0 Å². The van der Waals surface area contributed by atoms with Crippen molar-refractivity contribution in [1.82, 2.24) is 9.55 Å². The molecule has 1 aliphatic heterocycles. The Morgan fingerprint density at radius 2 is 2.05 bits per heavy atom. The van der Waals surface area contributed by atoms with Crippen LogP contribution in [0.1, 0.15) is 21.5 Å². The van der Waals surface area contributed by atoms with Crippen LogP contribution < -0.4 is 10.5 Å². The first-order valence-electron chi connectivity index (χ1n) is 6.18. The molecule has 0 saturated carbocycles. The van der Waals surface area contributed by atoms with Gasteiger partial charge in [-0.25, -0.2) is 9.78 Å². The second-order valence-electron chi connectivity index (χ2n) is 4.81. The average Bonchev–Trinajstić information content (AvgIpc) is 2.84. The Bertz CT molecular complexity index is 752. The van der Waals surface area contributed by atoms with E-state index in [-0.39, 0.29) is 11.1 Å². The average molecular weight is 271 g/mol. The Morgan fingerprint density at radius 1 is 1.30 bits per heavy atom. The van der Waals surface area contributed by atoms with Gasteiger partial charge in [0, 0.05) is 32.5 Å². The molecule has 1 aliphatic rings. The Morgan fingerprint density at radius 3 is 2.80 bits per heavy atom. The quantitative estimate of drug-likeness (QED) is 0.881. The molecule has 0 bridgehead atoms. The topological polar surface area (TPSA) is 75.4 Å². The van der Waals surface area contributed by atoms with Crippen LogP contribution in [0.3, 0.4) is 0 Å². The summed E-state index contributed by atoms with van der Waals surface area (Å²) in [4.78, 5) is 29.0. The van der Waals surface area contributed by atoms with Crippen molar-refractivity contribution in [1.29, 1.82) is 0 Å². The smallest absolute Gasteiger partial charge is 0.335 e. The van der Waals surface area contributed by atoms with Crippen LogP contribution in [0.5, 0.6) is 0 Å². The van der Waals surface area contributed by atoms with Crippen molar-refractivity contribution in [3.05, 3.63) is 57.6 Å². The molecular formula is C14H13N3O3. The molecule has 0 fully saturated rings. The number of hydrogen-bond donors (Lipinski definition) is 1. The van der Waals surface area contributed by atoms with E-state index in [4.69, 9.17) is 5.11 Å². The molecule has 0 amide bonds. The number of benzene rings is 1. The van der Waals surface area contributed by atoms with Gasteiger partial charge in [0.1, 0.15) is 0 Å². The highest BCUT2D eigenvalue weighted by atomic mass is 16.4. The Labute approximate surface area is 114 Å². The summed E-state index contributed by atoms with van der Waals surface area (Å²) in [7, 11) is 1.68. The number of nitrogens with zero attached hydrogens (tertiary/aromatic N) is 3. The third-order valence-electron chi connectivity index (χ3n) is 3.47. The Balaban J connectivity index is 1.96. The van der Waals surface area contributed by atoms with E-state index < -0.39 is 5.97 Å². The lowest BCUT2D eigenvalue weighted by Gasteiger charge is -2.15. The molecular weight excluding hydrogens is 258 g/mol. The fourth-order valence-electron chi connectivity index (χ4n) is 2.38. The first-order valence-corrected chi connectivity index (χ1v) is 6.18. The van der Waals surface area contributed by atoms with Crippen LogP contribution in [-0.2, 0) is 20.1 Å². The number of anilines is 1. The minimum Gasteiger partial charge on any atom is -0.478 e. The monoisotopic (exact) mass is 271 g/mol. The van der Waals surface area contributed by atoms with E-state index in [9.17, 15) is 9.59 Å². The van der Waals surface area contributed by atoms with E-state index in [1.807, 2.05) is 4.90 Å². The number of aromatic carboxylic acids is 1. The van der Waals surface area contributed by atoms with Crippen molar-refractivity contribution in [2.24, 2.45) is 7.05 Å². The SMILES string of the molecule is Cn1ccnc(N2Cc3ccc(C(=O)O)cc3C2)c1=O. The predicted octanol–water partition coefficient (Wildman–Crippen LogP) is 0.999. The molecule has 1 aromatic heterocycles. The lowest BCUT2D eigenvalue weighted by Crippen LogP contribution is -2.28. The van der Waals surface area contributed by atoms with Crippen LogP contribution in [0.15, 0.2) is 35.4 Å². The minimum absolute atomic E-state index is 0.154. The first kappa shape index (κ1) is 12.4. The molecule has 2 aromatic rings. The normalized spacial score (nSPS) is 13.3. The third-order valence-corrected chi connectivity index (χ3v) is 3.47. The molecule has 0 aliphatic carbocycles. The van der Waals surface area contributed by atoms with Gasteiger partial charge in [0.15, 0.2) is 5.82 Å². The fourth-order valence-corrected chi connectivity index (χ4v) is 2.38. The highest BCUT2D eigenvalue weighted by molar-refractivity contribution is 5.88. The molecule has 0 saturated heterocycles. The van der Waals surface area contributed by atoms with Gasteiger partial charge in [0.2, 0.25) is 0 Å². The highest BCUT2D eigenvalue weighted by Gasteiger charge is 2.23. The summed E-state index contributed by atoms with van der Waals surface area (Å²) in [6, 6.07) is 5.04. The second-order valence-corrected chi connectivity index (χ2v) is 4.81. The molecule has 102 valence electrons. The van der Waals surface area contributed by atoms with Crippen molar-refractivity contribution in [3.8, 4) is 0 Å². The lowest BCUT2D eigenvalue weighted by atomic mass is 10.1. The summed E-state index contributed by atoms with van der Waals surface area (Å²) in [6.45, 7) is 1.07. The van der Waals surface area contributed by atoms with E-state index in [2.05, 4.69) is 4.98 Å². The second kappa shape index (κ2) is 4.48. The molecule has 2 heterocycles. The molecule has 6 heteroatoms. The maximum atomic E-state index is 12.0. The number of aromatic nitrogens is 2. The minimum atomic E-state index is -0.944. The van der Waals surface area contributed by atoms with E-state index >= 15 is 0 Å². The summed E-state index contributed by atoms with van der Waals surface area (Å²) < 4.78 is 1.48. The Hall–Kier alpha value is -2.63. The van der Waals surface area contributed by atoms with Crippen molar-refractivity contribution in [2.45, 2.75) is 13.1 Å². The van der Waals surface area contributed by atoms with Crippen LogP contribution >= 0.6 is 0 Å². The van der Waals surface area contributed by atoms with Crippen molar-refractivity contribution in [2.75, 3.05) is 4.90 Å². The summed E-state index contributed by atoms with van der Waals surface area (Å²) >= 11 is 0. The first-order chi connectivity index (χ1) is 9.56. The fraction of sp³-hybridized carbons (Fsp3) is 0.214. The summed E-state index contributed by atoms with van der Waals surface area (Å²) in [5.74, 6) is -0.553. The van der Waals surface area contributed by atoms with Gasteiger partial charge in [0.05, 0.1) is 5.56 Å². The van der Waals surface area contributed by atoms with Crippen LogP contribution in [0.4, 0.5) is 5.82 Å². The number of hydrogen-bond acceptors (Lipinski definition) is 4. The van der Waals surface area contributed by atoms with Gasteiger partial charge in [0.25, 0.3) is 5.56 Å². The zero-order chi connectivity index (χ0) is 14.3. The number of carbonyl (C=O) groups is 1. The molecule has 1 N–H and O–H groups in total. The van der Waals surface area contributed by atoms with Gasteiger partial charge in [-0.05, 0) is 23.3 Å². The summed E-state index contributed by atoms with van der Waals surface area (Å²) in [5, 5.41) is 9.00. The van der Waals surface area contributed by atoms with Gasteiger partial charge in [-0.3, -0.25) is 4.79 Å². The number of rotatable bonds is 2. The molecule has 1 aromatic carbocycles. The standard InChI is InChI=1S/C14H13N3O3/c1-16-5-4-15-12(13(16)18)17-7-10-3-2-9(14(19)20)6-11(10)8-17/h2-6H,7-8H2,1H3,(H,19,20). The lowest BCUT2D eigenvalue weighted by molar-refractivity contribution is 0.0697. The van der Waals surface area contributed by atoms with Gasteiger partial charge < -0.3 is 14.6 Å². The van der Waals surface area contributed by atoms with Crippen LogP contribution in [-0.4, -0.2) is 20.6 Å². The van der Waals surface area contributed by atoms with E-state index in [1.165, 1.54) is 4.57 Å². The van der Waals surface area contributed by atoms with Crippen molar-refractivity contribution >= 4 is 11.8 Å². The molecule has 20 heavy (non-hydrogen) atoms. The van der Waals surface area contributed by atoms with Gasteiger partial charge in [-0.1, -0.05) is 6.07 Å². The van der Waals surface area contributed by atoms with Crippen LogP contribution in [0, 0.1) is 0 Å². The molecule has 3 rings (SSSR count). The zero-order valence-corrected chi connectivity index (χ0v) is 10.9. The predicted molar refractivity (Wildman–Crippen MR) is 72.8 cm³/mol. The van der Waals surface area contributed by atoms with E-state index in [0.29, 0.717) is 18.9 Å². The molecule has 0 spiro atoms. The van der Waals surface area contributed by atoms with Crippen LogP contribution in [0.2, 0.25) is 0 Å². The highest BCUT2D eigenvalue weighted by Crippen LogP contribution is 2.26. The molecule has 0 atom stereocenters. The van der Waals surface area contributed by atoms with Gasteiger partial charge >= 0.3 is 5.97 Å². The summed E-state index contributed by atoms with van der Waals surface area (Å²) in [5.41, 5.74) is 2.07. The molecule has 6 nitrogen and oxygen atoms in total. The Kier molecular flexibility index (Phi) is 2.78. The van der Waals surface area contributed by atoms with E-state index in [1.54, 1.807) is 37.6 Å². The maximum absolute atomic E-state index is 12.0. The zero-order valence-electron chi connectivity index (χ0n) is 10.9. The molecule has 0 unspecified atom stereocenters. The third kappa shape index (κ3) is 1.95. The van der Waals surface area contributed by atoms with Gasteiger partial charge in [-0.2, -0.15) is 0 Å². The number of carboxylic acid groups (broad SMARTS) is 1. The van der Waals surface area contributed by atoms with Crippen molar-refractivity contribution < 1.29 is 9.90 Å². The largest absolute Gasteiger partial charge is 0.478 e. The number of aryl methyl sites for hydroxylation is 1. The maximum Gasteiger partial charge on any atom is 0.335 e. The van der Waals surface area contributed by atoms with E-state index in [0.717, 1.165) is 11.1 Å². The number of fused-ring (bicyclic) bond motifs is 1. The molecule has 0 radical (unpaired) electrons. The number of carboxylic acids is 1.